The van der Waals surface area contributed by atoms with Crippen molar-refractivity contribution < 1.29 is 9.59 Å². The van der Waals surface area contributed by atoms with Crippen LogP contribution in [0.4, 0.5) is 0 Å². The molecule has 0 spiro atoms. The first-order valence-electron chi connectivity index (χ1n) is 9.05. The van der Waals surface area contributed by atoms with Gasteiger partial charge >= 0.3 is 0 Å². The van der Waals surface area contributed by atoms with Crippen LogP contribution in [0.3, 0.4) is 0 Å². The smallest absolute Gasteiger partial charge is 0.231 e. The Morgan fingerprint density at radius 1 is 1.21 bits per heavy atom. The zero-order chi connectivity index (χ0) is 19.9. The molecule has 1 unspecified atom stereocenters. The summed E-state index contributed by atoms with van der Waals surface area (Å²) in [5.41, 5.74) is 8.18. The number of hydrogen-bond donors (Lipinski definition) is 1. The molecule has 0 bridgehead atoms. The van der Waals surface area contributed by atoms with E-state index in [0.717, 1.165) is 16.6 Å². The third kappa shape index (κ3) is 3.15. The number of nitrogens with zero attached hydrogens (tertiary/aromatic N) is 4. The van der Waals surface area contributed by atoms with Gasteiger partial charge in [0.2, 0.25) is 5.91 Å². The van der Waals surface area contributed by atoms with Crippen molar-refractivity contribution in [2.24, 2.45) is 10.7 Å². The van der Waals surface area contributed by atoms with Gasteiger partial charge in [0.1, 0.15) is 5.69 Å². The summed E-state index contributed by atoms with van der Waals surface area (Å²) >= 11 is 0. The molecule has 7 nitrogen and oxygen atoms in total. The highest BCUT2D eigenvalue weighted by Gasteiger charge is 2.36. The van der Waals surface area contributed by atoms with Crippen LogP contribution >= 0.6 is 0 Å². The minimum atomic E-state index is -0.740. The molecule has 1 aliphatic heterocycles. The van der Waals surface area contributed by atoms with Crippen molar-refractivity contribution in [1.82, 2.24) is 14.5 Å². The highest BCUT2D eigenvalue weighted by molar-refractivity contribution is 5.99. The Labute approximate surface area is 162 Å². The van der Waals surface area contributed by atoms with Gasteiger partial charge in [0.25, 0.3) is 0 Å². The zero-order valence-corrected chi connectivity index (χ0v) is 15.8. The highest BCUT2D eigenvalue weighted by atomic mass is 16.2. The van der Waals surface area contributed by atoms with E-state index in [2.05, 4.69) is 10.1 Å². The van der Waals surface area contributed by atoms with Crippen molar-refractivity contribution >= 4 is 23.2 Å². The van der Waals surface area contributed by atoms with Crippen LogP contribution in [0.5, 0.6) is 0 Å². The second kappa shape index (κ2) is 6.60. The summed E-state index contributed by atoms with van der Waals surface area (Å²) in [6.45, 7) is 1.88. The molecule has 0 fully saturated rings. The van der Waals surface area contributed by atoms with E-state index in [4.69, 9.17) is 5.73 Å². The first kappa shape index (κ1) is 17.9. The van der Waals surface area contributed by atoms with Gasteiger partial charge in [0.15, 0.2) is 11.7 Å². The molecule has 1 amide bonds. The number of Topliss-reactive ketones (excluding diaryl/α,β-unsaturated/α-hetero) is 1. The van der Waals surface area contributed by atoms with Crippen LogP contribution in [0, 0.1) is 0 Å². The summed E-state index contributed by atoms with van der Waals surface area (Å²) < 4.78 is 1.69. The number of guanidine groups is 1. The van der Waals surface area contributed by atoms with Crippen molar-refractivity contribution in [2.75, 3.05) is 7.05 Å². The number of aromatic nitrogens is 2. The van der Waals surface area contributed by atoms with Crippen LogP contribution in [0.2, 0.25) is 0 Å². The number of carbonyl (C=O) groups is 2. The topological polar surface area (TPSA) is 93.1 Å². The van der Waals surface area contributed by atoms with E-state index in [1.807, 2.05) is 55.6 Å². The molecule has 2 aromatic heterocycles. The molecule has 0 radical (unpaired) electrons. The predicted octanol–water partition coefficient (Wildman–Crippen LogP) is 2.15. The van der Waals surface area contributed by atoms with Gasteiger partial charge in [-0.05, 0) is 36.2 Å². The van der Waals surface area contributed by atoms with Crippen molar-refractivity contribution in [2.45, 2.75) is 25.3 Å². The van der Waals surface area contributed by atoms with Crippen LogP contribution in [0.1, 0.15) is 35.0 Å². The Balaban J connectivity index is 1.60. The monoisotopic (exact) mass is 375 g/mol. The van der Waals surface area contributed by atoms with Gasteiger partial charge in [0.05, 0.1) is 17.5 Å². The summed E-state index contributed by atoms with van der Waals surface area (Å²) in [5.74, 6) is 0.0552. The quantitative estimate of drug-likeness (QED) is 0.707. The molecule has 3 heterocycles. The van der Waals surface area contributed by atoms with Crippen LogP contribution in [-0.2, 0) is 16.8 Å². The Kier molecular flexibility index (Phi) is 4.22. The molecule has 0 saturated heterocycles. The number of amides is 1. The van der Waals surface area contributed by atoms with Gasteiger partial charge in [0, 0.05) is 19.7 Å². The standard InChI is InChI=1S/C21H21N5O2/c1-21(13-19(28)25(2)20(22)23-21)15-7-5-6-14(10-15)11-18(27)17-12-16-8-3-4-9-26(16)24-17/h3-10,12H,11,13H2,1-2H3,(H2,22,23). The minimum Gasteiger partial charge on any atom is -0.369 e. The van der Waals surface area contributed by atoms with Crippen molar-refractivity contribution in [1.29, 1.82) is 0 Å². The normalized spacial score (nSPS) is 19.7. The zero-order valence-electron chi connectivity index (χ0n) is 15.8. The number of fused-ring (bicyclic) bond motifs is 1. The molecule has 4 rings (SSSR count). The lowest BCUT2D eigenvalue weighted by atomic mass is 9.86. The average Bonchev–Trinajstić information content (AvgIpc) is 3.11. The molecule has 3 aromatic rings. The lowest BCUT2D eigenvalue weighted by molar-refractivity contribution is -0.128. The summed E-state index contributed by atoms with van der Waals surface area (Å²) in [4.78, 5) is 30.8. The number of aliphatic imine (C=N–C) groups is 1. The molecule has 0 saturated carbocycles. The first-order chi connectivity index (χ1) is 13.4. The Morgan fingerprint density at radius 2 is 2.04 bits per heavy atom. The van der Waals surface area contributed by atoms with Gasteiger partial charge < -0.3 is 5.73 Å². The molecule has 1 aliphatic rings. The van der Waals surface area contributed by atoms with Crippen LogP contribution in [0.25, 0.3) is 5.52 Å². The Morgan fingerprint density at radius 3 is 2.79 bits per heavy atom. The van der Waals surface area contributed by atoms with E-state index in [9.17, 15) is 9.59 Å². The van der Waals surface area contributed by atoms with Gasteiger partial charge in [-0.1, -0.05) is 30.3 Å². The van der Waals surface area contributed by atoms with E-state index in [-0.39, 0.29) is 30.5 Å². The molecular weight excluding hydrogens is 354 g/mol. The summed E-state index contributed by atoms with van der Waals surface area (Å²) in [7, 11) is 1.62. The van der Waals surface area contributed by atoms with Gasteiger partial charge in [-0.25, -0.2) is 9.51 Å². The minimum absolute atomic E-state index is 0.0616. The number of hydrogen-bond acceptors (Lipinski definition) is 5. The molecule has 2 N–H and O–H groups in total. The molecular formula is C21H21N5O2. The number of carbonyl (C=O) groups excluding carboxylic acids is 2. The number of nitrogens with two attached hydrogens (primary N) is 1. The second-order valence-corrected chi connectivity index (χ2v) is 7.27. The molecule has 0 aliphatic carbocycles. The summed E-state index contributed by atoms with van der Waals surface area (Å²) in [5, 5.41) is 4.34. The SMILES string of the molecule is CN1C(=O)CC(C)(c2cccc(CC(=O)c3cc4ccccn4n3)c2)N=C1N. The van der Waals surface area contributed by atoms with Gasteiger partial charge in [-0.2, -0.15) is 5.10 Å². The largest absolute Gasteiger partial charge is 0.369 e. The van der Waals surface area contributed by atoms with E-state index in [1.165, 1.54) is 4.90 Å². The number of benzene rings is 1. The van der Waals surface area contributed by atoms with E-state index < -0.39 is 5.54 Å². The predicted molar refractivity (Wildman–Crippen MR) is 106 cm³/mol. The lowest BCUT2D eigenvalue weighted by Crippen LogP contribution is -2.47. The Bertz CT molecular complexity index is 1080. The molecule has 7 heteroatoms. The fraction of sp³-hybridized carbons (Fsp3) is 0.238. The van der Waals surface area contributed by atoms with Gasteiger partial charge in [-0.3, -0.25) is 14.5 Å². The third-order valence-corrected chi connectivity index (χ3v) is 5.14. The third-order valence-electron chi connectivity index (χ3n) is 5.14. The number of pyridine rings is 1. The maximum absolute atomic E-state index is 12.7. The maximum atomic E-state index is 12.7. The summed E-state index contributed by atoms with van der Waals surface area (Å²) in [6.07, 6.45) is 2.27. The van der Waals surface area contributed by atoms with Crippen molar-refractivity contribution in [3.8, 4) is 0 Å². The van der Waals surface area contributed by atoms with Gasteiger partial charge in [-0.15, -0.1) is 0 Å². The molecule has 28 heavy (non-hydrogen) atoms. The first-order valence-corrected chi connectivity index (χ1v) is 9.05. The number of ketones is 1. The molecule has 1 aromatic carbocycles. The van der Waals surface area contributed by atoms with Crippen LogP contribution < -0.4 is 5.73 Å². The van der Waals surface area contributed by atoms with Crippen molar-refractivity contribution in [3.63, 3.8) is 0 Å². The fourth-order valence-electron chi connectivity index (χ4n) is 3.44. The number of rotatable bonds is 4. The molecule has 1 atom stereocenters. The van der Waals surface area contributed by atoms with E-state index >= 15 is 0 Å². The summed E-state index contributed by atoms with van der Waals surface area (Å²) in [6, 6.07) is 15.1. The highest BCUT2D eigenvalue weighted by Crippen LogP contribution is 2.33. The molecule has 142 valence electrons. The Hall–Kier alpha value is -3.48. The van der Waals surface area contributed by atoms with Crippen molar-refractivity contribution in [3.05, 3.63) is 71.5 Å². The second-order valence-electron chi connectivity index (χ2n) is 7.27. The maximum Gasteiger partial charge on any atom is 0.231 e. The van der Waals surface area contributed by atoms with Crippen LogP contribution in [0.15, 0.2) is 59.7 Å². The van der Waals surface area contributed by atoms with Crippen LogP contribution in [-0.4, -0.2) is 39.2 Å². The van der Waals surface area contributed by atoms with E-state index in [0.29, 0.717) is 5.69 Å². The fourth-order valence-corrected chi connectivity index (χ4v) is 3.44. The lowest BCUT2D eigenvalue weighted by Gasteiger charge is -2.33. The van der Waals surface area contributed by atoms with E-state index in [1.54, 1.807) is 17.6 Å². The average molecular weight is 375 g/mol.